The molecule has 0 fully saturated rings. The van der Waals surface area contributed by atoms with E-state index in [1.54, 1.807) is 0 Å². The van der Waals surface area contributed by atoms with Gasteiger partial charge in [0.15, 0.2) is 23.1 Å². The summed E-state index contributed by atoms with van der Waals surface area (Å²) in [4.78, 5) is 21.9. The molecule has 0 heterocycles. The predicted molar refractivity (Wildman–Crippen MR) is 51.4 cm³/mol. The lowest BCUT2D eigenvalue weighted by molar-refractivity contribution is -0.131. The molecule has 0 bridgehead atoms. The van der Waals surface area contributed by atoms with Gasteiger partial charge in [-0.25, -0.2) is 13.6 Å². The number of ketones is 1. The van der Waals surface area contributed by atoms with Crippen LogP contribution in [0.3, 0.4) is 0 Å². The van der Waals surface area contributed by atoms with Crippen LogP contribution in [0.2, 0.25) is 0 Å². The van der Waals surface area contributed by atoms with Crippen molar-refractivity contribution in [2.75, 3.05) is 14.2 Å². The van der Waals surface area contributed by atoms with Crippen molar-refractivity contribution in [2.45, 2.75) is 0 Å². The van der Waals surface area contributed by atoms with Gasteiger partial charge in [0.1, 0.15) is 5.56 Å². The zero-order valence-electron chi connectivity index (χ0n) is 8.91. The van der Waals surface area contributed by atoms with Crippen LogP contribution in [0.15, 0.2) is 6.07 Å². The van der Waals surface area contributed by atoms with Gasteiger partial charge in [0.05, 0.1) is 14.2 Å². The normalized spacial score (nSPS) is 9.88. The van der Waals surface area contributed by atoms with E-state index in [1.807, 2.05) is 0 Å². The van der Waals surface area contributed by atoms with Gasteiger partial charge in [-0.1, -0.05) is 0 Å². The standard InChI is InChI=1S/C10H8F2O5/c1-16-8-4(11)3-5(12)9(17-2)6(8)7(13)10(14)15/h3H,1-2H3,(H,14,15). The van der Waals surface area contributed by atoms with E-state index in [0.717, 1.165) is 14.2 Å². The first kappa shape index (κ1) is 12.9. The molecular weight excluding hydrogens is 238 g/mol. The third kappa shape index (κ3) is 2.17. The maximum atomic E-state index is 13.3. The minimum atomic E-state index is -1.87. The van der Waals surface area contributed by atoms with Gasteiger partial charge in [0, 0.05) is 6.07 Å². The number of ether oxygens (including phenoxy) is 2. The Kier molecular flexibility index (Phi) is 3.62. The molecule has 17 heavy (non-hydrogen) atoms. The second-order valence-electron chi connectivity index (χ2n) is 2.92. The smallest absolute Gasteiger partial charge is 0.377 e. The second kappa shape index (κ2) is 4.77. The zero-order valence-corrected chi connectivity index (χ0v) is 8.91. The van der Waals surface area contributed by atoms with Gasteiger partial charge < -0.3 is 14.6 Å². The van der Waals surface area contributed by atoms with Gasteiger partial charge in [0.25, 0.3) is 5.78 Å². The van der Waals surface area contributed by atoms with Crippen LogP contribution in [0, 0.1) is 11.6 Å². The Hall–Kier alpha value is -2.18. The van der Waals surface area contributed by atoms with Crippen LogP contribution < -0.4 is 9.47 Å². The molecule has 1 aromatic carbocycles. The van der Waals surface area contributed by atoms with Gasteiger partial charge in [-0.3, -0.25) is 4.79 Å². The van der Waals surface area contributed by atoms with Crippen molar-refractivity contribution >= 4 is 11.8 Å². The molecule has 1 aromatic rings. The van der Waals surface area contributed by atoms with Crippen LogP contribution in [-0.4, -0.2) is 31.1 Å². The van der Waals surface area contributed by atoms with Crippen molar-refractivity contribution in [3.63, 3.8) is 0 Å². The molecule has 0 radical (unpaired) electrons. The number of Topliss-reactive ketones (excluding diaryl/α,β-unsaturated/α-hetero) is 1. The lowest BCUT2D eigenvalue weighted by Gasteiger charge is -2.12. The molecule has 0 spiro atoms. The van der Waals surface area contributed by atoms with Crippen molar-refractivity contribution in [3.8, 4) is 11.5 Å². The molecule has 7 heteroatoms. The Morgan fingerprint density at radius 3 is 1.82 bits per heavy atom. The predicted octanol–water partition coefficient (Wildman–Crippen LogP) is 1.25. The van der Waals surface area contributed by atoms with Crippen LogP contribution in [0.4, 0.5) is 8.78 Å². The summed E-state index contributed by atoms with van der Waals surface area (Å²) in [6, 6.07) is 0.441. The molecule has 0 amide bonds. The van der Waals surface area contributed by atoms with Gasteiger partial charge in [-0.05, 0) is 0 Å². The van der Waals surface area contributed by atoms with Crippen molar-refractivity contribution in [1.82, 2.24) is 0 Å². The van der Waals surface area contributed by atoms with Crippen LogP contribution >= 0.6 is 0 Å². The molecule has 0 aromatic heterocycles. The lowest BCUT2D eigenvalue weighted by atomic mass is 10.1. The van der Waals surface area contributed by atoms with Crippen LogP contribution in [0.25, 0.3) is 0 Å². The number of rotatable bonds is 4. The quantitative estimate of drug-likeness (QED) is 0.639. The number of carbonyl (C=O) groups is 2. The second-order valence-corrected chi connectivity index (χ2v) is 2.92. The number of aliphatic carboxylic acids is 1. The molecule has 1 N–H and O–H groups in total. The van der Waals surface area contributed by atoms with Crippen LogP contribution in [0.1, 0.15) is 10.4 Å². The molecule has 1 rings (SSSR count). The summed E-state index contributed by atoms with van der Waals surface area (Å²) in [5.74, 6) is -7.10. The molecule has 0 atom stereocenters. The maximum absolute atomic E-state index is 13.3. The Bertz CT molecular complexity index is 456. The Labute approximate surface area is 94.6 Å². The summed E-state index contributed by atoms with van der Waals surface area (Å²) in [5, 5.41) is 8.55. The lowest BCUT2D eigenvalue weighted by Crippen LogP contribution is -2.16. The van der Waals surface area contributed by atoms with E-state index in [-0.39, 0.29) is 0 Å². The van der Waals surface area contributed by atoms with E-state index < -0.39 is 40.4 Å². The Balaban J connectivity index is 3.62. The monoisotopic (exact) mass is 246 g/mol. The first-order valence-corrected chi connectivity index (χ1v) is 4.31. The van der Waals surface area contributed by atoms with Crippen molar-refractivity contribution in [2.24, 2.45) is 0 Å². The molecule has 0 aliphatic heterocycles. The molecule has 0 aliphatic rings. The fraction of sp³-hybridized carbons (Fsp3) is 0.200. The van der Waals surface area contributed by atoms with Gasteiger partial charge in [0.2, 0.25) is 0 Å². The average Bonchev–Trinajstić information content (AvgIpc) is 2.27. The molecule has 5 nitrogen and oxygen atoms in total. The summed E-state index contributed by atoms with van der Waals surface area (Å²) in [5.41, 5.74) is -0.792. The molecule has 92 valence electrons. The molecule has 0 saturated heterocycles. The van der Waals surface area contributed by atoms with E-state index in [0.29, 0.717) is 6.07 Å². The Morgan fingerprint density at radius 1 is 1.12 bits per heavy atom. The molecule has 0 aliphatic carbocycles. The number of carboxylic acids is 1. The summed E-state index contributed by atoms with van der Waals surface area (Å²) in [6.45, 7) is 0. The third-order valence-corrected chi connectivity index (χ3v) is 1.97. The number of hydrogen-bond acceptors (Lipinski definition) is 4. The van der Waals surface area contributed by atoms with E-state index in [9.17, 15) is 18.4 Å². The maximum Gasteiger partial charge on any atom is 0.377 e. The molecular formula is C10H8F2O5. The summed E-state index contributed by atoms with van der Waals surface area (Å²) in [7, 11) is 2.04. The van der Waals surface area contributed by atoms with E-state index in [2.05, 4.69) is 9.47 Å². The van der Waals surface area contributed by atoms with Crippen molar-refractivity contribution in [1.29, 1.82) is 0 Å². The van der Waals surface area contributed by atoms with Crippen molar-refractivity contribution < 1.29 is 33.0 Å². The van der Waals surface area contributed by atoms with Gasteiger partial charge >= 0.3 is 5.97 Å². The summed E-state index contributed by atoms with van der Waals surface area (Å²) in [6.07, 6.45) is 0. The number of methoxy groups -OCH3 is 2. The highest BCUT2D eigenvalue weighted by atomic mass is 19.1. The van der Waals surface area contributed by atoms with Crippen LogP contribution in [-0.2, 0) is 4.79 Å². The SMILES string of the molecule is COc1c(F)cc(F)c(OC)c1C(=O)C(=O)O. The highest BCUT2D eigenvalue weighted by Gasteiger charge is 2.29. The first-order valence-electron chi connectivity index (χ1n) is 4.31. The third-order valence-electron chi connectivity index (χ3n) is 1.97. The van der Waals surface area contributed by atoms with E-state index >= 15 is 0 Å². The van der Waals surface area contributed by atoms with Crippen molar-refractivity contribution in [3.05, 3.63) is 23.3 Å². The van der Waals surface area contributed by atoms with E-state index in [1.165, 1.54) is 0 Å². The zero-order chi connectivity index (χ0) is 13.2. The largest absolute Gasteiger partial charge is 0.493 e. The highest BCUT2D eigenvalue weighted by molar-refractivity contribution is 6.41. The highest BCUT2D eigenvalue weighted by Crippen LogP contribution is 2.34. The average molecular weight is 246 g/mol. The molecule has 0 unspecified atom stereocenters. The number of benzene rings is 1. The fourth-order valence-corrected chi connectivity index (χ4v) is 1.30. The summed E-state index contributed by atoms with van der Waals surface area (Å²) >= 11 is 0. The summed E-state index contributed by atoms with van der Waals surface area (Å²) < 4.78 is 35.6. The number of carbonyl (C=O) groups excluding carboxylic acids is 1. The minimum absolute atomic E-state index is 0.441. The van der Waals surface area contributed by atoms with Gasteiger partial charge in [-0.15, -0.1) is 0 Å². The first-order chi connectivity index (χ1) is 7.93. The van der Waals surface area contributed by atoms with Gasteiger partial charge in [-0.2, -0.15) is 0 Å². The number of hydrogen-bond donors (Lipinski definition) is 1. The topological polar surface area (TPSA) is 72.8 Å². The Morgan fingerprint density at radius 2 is 1.53 bits per heavy atom. The minimum Gasteiger partial charge on any atom is -0.493 e. The van der Waals surface area contributed by atoms with E-state index in [4.69, 9.17) is 5.11 Å². The number of carboxylic acid groups (broad SMARTS) is 1. The number of halogens is 2. The fourth-order valence-electron chi connectivity index (χ4n) is 1.30. The molecule has 0 saturated carbocycles. The van der Waals surface area contributed by atoms with Crippen LogP contribution in [0.5, 0.6) is 11.5 Å².